The molecule has 2 aromatic rings. The lowest BCUT2D eigenvalue weighted by atomic mass is 10.1. The molecule has 1 unspecified atom stereocenters. The van der Waals surface area contributed by atoms with Gasteiger partial charge in [0.05, 0.1) is 7.11 Å². The highest BCUT2D eigenvalue weighted by molar-refractivity contribution is 7.99. The first-order valence-corrected chi connectivity index (χ1v) is 11.1. The Labute approximate surface area is 177 Å². The second-order valence-corrected chi connectivity index (χ2v) is 8.62. The average molecular weight is 418 g/mol. The van der Waals surface area contributed by atoms with E-state index in [1.165, 1.54) is 5.56 Å². The van der Waals surface area contributed by atoms with Crippen LogP contribution in [0, 0.1) is 0 Å². The summed E-state index contributed by atoms with van der Waals surface area (Å²) < 4.78 is 11.4. The van der Waals surface area contributed by atoms with Crippen LogP contribution < -0.4 is 9.47 Å². The Morgan fingerprint density at radius 2 is 1.97 bits per heavy atom. The molecule has 1 aromatic heterocycles. The van der Waals surface area contributed by atoms with Crippen LogP contribution in [0.4, 0.5) is 0 Å². The number of hydrogen-bond donors (Lipinski definition) is 1. The Morgan fingerprint density at radius 3 is 2.69 bits per heavy atom. The van der Waals surface area contributed by atoms with Crippen LogP contribution in [0.5, 0.6) is 11.5 Å². The molecule has 158 valence electrons. The largest absolute Gasteiger partial charge is 0.493 e. The first-order valence-electron chi connectivity index (χ1n) is 9.99. The van der Waals surface area contributed by atoms with Crippen LogP contribution in [0.25, 0.3) is 0 Å². The number of nitrogens with zero attached hydrogens (tertiary/aromatic N) is 3. The van der Waals surface area contributed by atoms with Crippen molar-refractivity contribution in [3.05, 3.63) is 53.9 Å². The second kappa shape index (κ2) is 11.4. The molecule has 1 saturated heterocycles. The van der Waals surface area contributed by atoms with E-state index < -0.39 is 6.10 Å². The van der Waals surface area contributed by atoms with Gasteiger partial charge in [0.2, 0.25) is 0 Å². The van der Waals surface area contributed by atoms with Gasteiger partial charge in [-0.25, -0.2) is 0 Å². The molecule has 0 bridgehead atoms. The van der Waals surface area contributed by atoms with Gasteiger partial charge in [-0.2, -0.15) is 11.8 Å². The molecular weight excluding hydrogens is 386 g/mol. The van der Waals surface area contributed by atoms with Gasteiger partial charge in [0.25, 0.3) is 0 Å². The summed E-state index contributed by atoms with van der Waals surface area (Å²) >= 11 is 1.97. The van der Waals surface area contributed by atoms with Crippen molar-refractivity contribution in [2.24, 2.45) is 0 Å². The highest BCUT2D eigenvalue weighted by Gasteiger charge is 2.16. The molecule has 1 atom stereocenters. The molecule has 1 aromatic carbocycles. The fraction of sp³-hybridized carbons (Fsp3) is 0.500. The Morgan fingerprint density at radius 1 is 1.17 bits per heavy atom. The van der Waals surface area contributed by atoms with Crippen molar-refractivity contribution < 1.29 is 14.6 Å². The molecule has 6 nitrogen and oxygen atoms in total. The van der Waals surface area contributed by atoms with Crippen LogP contribution in [-0.2, 0) is 13.1 Å². The Kier molecular flexibility index (Phi) is 8.61. The standard InChI is InChI=1S/C22H31N3O3S/c1-24(15-19-4-3-7-23-13-19)14-18-5-6-21(22(12-18)27-2)28-17-20(26)16-25-8-10-29-11-9-25/h3-7,12-13,20,26H,8-11,14-17H2,1-2H3. The number of benzene rings is 1. The second-order valence-electron chi connectivity index (χ2n) is 7.40. The Bertz CT molecular complexity index is 741. The van der Waals surface area contributed by atoms with E-state index in [4.69, 9.17) is 9.47 Å². The molecule has 0 spiro atoms. The number of aromatic nitrogens is 1. The molecule has 29 heavy (non-hydrogen) atoms. The zero-order valence-electron chi connectivity index (χ0n) is 17.3. The fourth-order valence-electron chi connectivity index (χ4n) is 3.42. The molecule has 0 saturated carbocycles. The number of thioether (sulfide) groups is 1. The minimum Gasteiger partial charge on any atom is -0.493 e. The van der Waals surface area contributed by atoms with Crippen molar-refractivity contribution in [1.29, 1.82) is 0 Å². The van der Waals surface area contributed by atoms with Gasteiger partial charge in [0.1, 0.15) is 12.7 Å². The normalized spacial score (nSPS) is 16.0. The molecule has 1 fully saturated rings. The van der Waals surface area contributed by atoms with Crippen LogP contribution in [0.3, 0.4) is 0 Å². The highest BCUT2D eigenvalue weighted by atomic mass is 32.2. The van der Waals surface area contributed by atoms with Crippen LogP contribution >= 0.6 is 11.8 Å². The number of aliphatic hydroxyl groups excluding tert-OH is 1. The maximum Gasteiger partial charge on any atom is 0.161 e. The molecular formula is C22H31N3O3S. The van der Waals surface area contributed by atoms with Gasteiger partial charge < -0.3 is 14.6 Å². The van der Waals surface area contributed by atoms with Crippen molar-refractivity contribution in [1.82, 2.24) is 14.8 Å². The number of aliphatic hydroxyl groups is 1. The lowest BCUT2D eigenvalue weighted by Crippen LogP contribution is -2.40. The van der Waals surface area contributed by atoms with E-state index in [0.717, 1.165) is 43.2 Å². The third-order valence-corrected chi connectivity index (χ3v) is 5.80. The van der Waals surface area contributed by atoms with Crippen LogP contribution in [-0.4, -0.2) is 77.9 Å². The Balaban J connectivity index is 1.51. The quantitative estimate of drug-likeness (QED) is 0.637. The molecule has 1 N–H and O–H groups in total. The van der Waals surface area contributed by atoms with Gasteiger partial charge >= 0.3 is 0 Å². The summed E-state index contributed by atoms with van der Waals surface area (Å²) in [6, 6.07) is 10.0. The van der Waals surface area contributed by atoms with E-state index in [9.17, 15) is 5.11 Å². The molecule has 1 aliphatic rings. The van der Waals surface area contributed by atoms with Crippen LogP contribution in [0.15, 0.2) is 42.7 Å². The lowest BCUT2D eigenvalue weighted by Gasteiger charge is -2.28. The maximum atomic E-state index is 10.3. The third kappa shape index (κ3) is 7.19. The van der Waals surface area contributed by atoms with Gasteiger partial charge in [0, 0.05) is 56.6 Å². The van der Waals surface area contributed by atoms with Crippen LogP contribution in [0.2, 0.25) is 0 Å². The number of β-amino-alcohol motifs (C(OH)–C–C–N with tert-alkyl or cyclic N) is 1. The molecule has 0 amide bonds. The maximum absolute atomic E-state index is 10.3. The van der Waals surface area contributed by atoms with Crippen molar-refractivity contribution in [3.63, 3.8) is 0 Å². The summed E-state index contributed by atoms with van der Waals surface area (Å²) in [5.74, 6) is 3.63. The van der Waals surface area contributed by atoms with Crippen molar-refractivity contribution in [3.8, 4) is 11.5 Å². The summed E-state index contributed by atoms with van der Waals surface area (Å²) in [6.45, 7) is 4.61. The summed E-state index contributed by atoms with van der Waals surface area (Å²) in [5.41, 5.74) is 2.33. The summed E-state index contributed by atoms with van der Waals surface area (Å²) in [5, 5.41) is 10.3. The Hall–Kier alpha value is -1.80. The number of ether oxygens (including phenoxy) is 2. The molecule has 0 aliphatic carbocycles. The fourth-order valence-corrected chi connectivity index (χ4v) is 4.40. The van der Waals surface area contributed by atoms with Gasteiger partial charge in [-0.3, -0.25) is 14.8 Å². The van der Waals surface area contributed by atoms with Crippen LogP contribution in [0.1, 0.15) is 11.1 Å². The number of rotatable bonds is 10. The van der Waals surface area contributed by atoms with Gasteiger partial charge in [-0.1, -0.05) is 12.1 Å². The zero-order valence-corrected chi connectivity index (χ0v) is 18.1. The smallest absolute Gasteiger partial charge is 0.161 e. The minimum atomic E-state index is -0.506. The van der Waals surface area contributed by atoms with E-state index in [-0.39, 0.29) is 6.61 Å². The molecule has 7 heteroatoms. The summed E-state index contributed by atoms with van der Waals surface area (Å²) in [7, 11) is 3.73. The minimum absolute atomic E-state index is 0.264. The van der Waals surface area contributed by atoms with E-state index in [0.29, 0.717) is 18.0 Å². The first kappa shape index (κ1) is 21.9. The van der Waals surface area contributed by atoms with E-state index in [2.05, 4.69) is 27.9 Å². The number of methoxy groups -OCH3 is 1. The van der Waals surface area contributed by atoms with E-state index in [1.54, 1.807) is 13.3 Å². The summed E-state index contributed by atoms with van der Waals surface area (Å²) in [4.78, 5) is 8.69. The molecule has 2 heterocycles. The number of pyridine rings is 1. The van der Waals surface area contributed by atoms with Crippen molar-refractivity contribution >= 4 is 11.8 Å². The van der Waals surface area contributed by atoms with E-state index >= 15 is 0 Å². The highest BCUT2D eigenvalue weighted by Crippen LogP contribution is 2.29. The topological polar surface area (TPSA) is 58.1 Å². The van der Waals surface area contributed by atoms with E-state index in [1.807, 2.05) is 42.2 Å². The average Bonchev–Trinajstić information content (AvgIpc) is 2.74. The number of hydrogen-bond acceptors (Lipinski definition) is 7. The molecule has 3 rings (SSSR count). The van der Waals surface area contributed by atoms with Gasteiger partial charge in [-0.15, -0.1) is 0 Å². The molecule has 0 radical (unpaired) electrons. The monoisotopic (exact) mass is 417 g/mol. The predicted octanol–water partition coefficient (Wildman–Crippen LogP) is 2.51. The zero-order chi connectivity index (χ0) is 20.5. The van der Waals surface area contributed by atoms with Gasteiger partial charge in [-0.05, 0) is 36.4 Å². The first-order chi connectivity index (χ1) is 14.1. The van der Waals surface area contributed by atoms with Crippen molar-refractivity contribution in [2.75, 3.05) is 51.9 Å². The summed E-state index contributed by atoms with van der Waals surface area (Å²) in [6.07, 6.45) is 3.17. The lowest BCUT2D eigenvalue weighted by molar-refractivity contribution is 0.0704. The van der Waals surface area contributed by atoms with Crippen molar-refractivity contribution in [2.45, 2.75) is 19.2 Å². The van der Waals surface area contributed by atoms with Gasteiger partial charge in [0.15, 0.2) is 11.5 Å². The molecule has 1 aliphatic heterocycles. The third-order valence-electron chi connectivity index (χ3n) is 4.86. The predicted molar refractivity (Wildman–Crippen MR) is 118 cm³/mol. The SMILES string of the molecule is COc1cc(CN(C)Cc2cccnc2)ccc1OCC(O)CN1CCSCC1.